The molecule has 0 spiro atoms. The molecule has 0 aliphatic rings. The van der Waals surface area contributed by atoms with Gasteiger partial charge in [0.1, 0.15) is 0 Å². The van der Waals surface area contributed by atoms with Crippen LogP contribution >= 0.6 is 0 Å². The van der Waals surface area contributed by atoms with Gasteiger partial charge in [0.2, 0.25) is 0 Å². The van der Waals surface area contributed by atoms with Crippen LogP contribution in [-0.2, 0) is 4.43 Å². The second kappa shape index (κ2) is 3.22. The Morgan fingerprint density at radius 2 is 2.12 bits per heavy atom. The minimum atomic E-state index is -1.68. The Balaban J connectivity index is 3.37. The summed E-state index contributed by atoms with van der Waals surface area (Å²) in [6, 6.07) is 1.06. The van der Waals surface area contributed by atoms with Gasteiger partial charge in [0.05, 0.1) is 0 Å². The highest BCUT2D eigenvalue weighted by Crippen LogP contribution is 2.03. The van der Waals surface area contributed by atoms with Gasteiger partial charge < -0.3 is 9.83 Å². The maximum Gasteiger partial charge on any atom is 0.262 e. The van der Waals surface area contributed by atoms with Crippen molar-refractivity contribution >= 4 is 8.48 Å². The van der Waals surface area contributed by atoms with E-state index in [-0.39, 0.29) is 0 Å². The van der Waals surface area contributed by atoms with Crippen LogP contribution in [0.3, 0.4) is 0 Å². The quantitative estimate of drug-likeness (QED) is 0.585. The van der Waals surface area contributed by atoms with E-state index in [9.17, 15) is 0 Å². The standard InChI is InChI=1S/C5H15NOSi/c1-4-5-8(3,6)7-2/h4-6H2,1-3H3. The summed E-state index contributed by atoms with van der Waals surface area (Å²) in [6.45, 7) is 4.15. The van der Waals surface area contributed by atoms with Gasteiger partial charge in [0.15, 0.2) is 0 Å². The van der Waals surface area contributed by atoms with E-state index in [0.29, 0.717) is 0 Å². The van der Waals surface area contributed by atoms with Crippen LogP contribution in [0.2, 0.25) is 12.6 Å². The third kappa shape index (κ3) is 3.18. The molecular formula is C5H15NOSi. The molecule has 1 atom stereocenters. The van der Waals surface area contributed by atoms with Gasteiger partial charge in [-0.25, -0.2) is 0 Å². The van der Waals surface area contributed by atoms with E-state index in [4.69, 9.17) is 9.83 Å². The zero-order valence-electron chi connectivity index (χ0n) is 5.90. The largest absolute Gasteiger partial charge is 0.407 e. The van der Waals surface area contributed by atoms with Crippen LogP contribution in [0.15, 0.2) is 0 Å². The number of nitrogens with two attached hydrogens (primary N) is 1. The van der Waals surface area contributed by atoms with Crippen molar-refractivity contribution in [3.63, 3.8) is 0 Å². The maximum absolute atomic E-state index is 5.74. The molecule has 0 bridgehead atoms. The Labute approximate surface area is 52.2 Å². The summed E-state index contributed by atoms with van der Waals surface area (Å²) < 4.78 is 5.09. The van der Waals surface area contributed by atoms with Gasteiger partial charge in [-0.15, -0.1) is 0 Å². The highest BCUT2D eigenvalue weighted by atomic mass is 28.4. The van der Waals surface area contributed by atoms with Gasteiger partial charge in [0, 0.05) is 7.11 Å². The minimum absolute atomic E-state index is 1.06. The van der Waals surface area contributed by atoms with Gasteiger partial charge in [-0.1, -0.05) is 13.3 Å². The monoisotopic (exact) mass is 133 g/mol. The van der Waals surface area contributed by atoms with E-state index in [2.05, 4.69) is 6.92 Å². The van der Waals surface area contributed by atoms with Gasteiger partial charge in [-0.05, 0) is 12.6 Å². The van der Waals surface area contributed by atoms with Crippen molar-refractivity contribution in [2.45, 2.75) is 25.9 Å². The van der Waals surface area contributed by atoms with Gasteiger partial charge in [-0.3, -0.25) is 0 Å². The van der Waals surface area contributed by atoms with Crippen molar-refractivity contribution < 1.29 is 4.43 Å². The van der Waals surface area contributed by atoms with Crippen LogP contribution in [0.5, 0.6) is 0 Å². The summed E-state index contributed by atoms with van der Waals surface area (Å²) in [5.41, 5.74) is 0. The highest BCUT2D eigenvalue weighted by molar-refractivity contribution is 6.69. The van der Waals surface area contributed by atoms with E-state index >= 15 is 0 Å². The van der Waals surface area contributed by atoms with Gasteiger partial charge in [-0.2, -0.15) is 0 Å². The van der Waals surface area contributed by atoms with E-state index in [1.807, 2.05) is 6.55 Å². The molecule has 0 fully saturated rings. The molecule has 0 aromatic carbocycles. The molecule has 8 heavy (non-hydrogen) atoms. The topological polar surface area (TPSA) is 35.2 Å². The lowest BCUT2D eigenvalue weighted by Crippen LogP contribution is -2.44. The fraction of sp³-hybridized carbons (Fsp3) is 1.00. The number of hydrogen-bond acceptors (Lipinski definition) is 2. The summed E-state index contributed by atoms with van der Waals surface area (Å²) in [4.78, 5) is 0. The predicted molar refractivity (Wildman–Crippen MR) is 37.9 cm³/mol. The van der Waals surface area contributed by atoms with E-state index in [0.717, 1.165) is 12.5 Å². The van der Waals surface area contributed by atoms with Gasteiger partial charge in [0.25, 0.3) is 8.48 Å². The lowest BCUT2D eigenvalue weighted by molar-refractivity contribution is 0.397. The highest BCUT2D eigenvalue weighted by Gasteiger charge is 2.19. The Morgan fingerprint density at radius 3 is 2.25 bits per heavy atom. The molecule has 0 rings (SSSR count). The Kier molecular flexibility index (Phi) is 3.27. The van der Waals surface area contributed by atoms with Crippen LogP contribution in [0.1, 0.15) is 13.3 Å². The van der Waals surface area contributed by atoms with Crippen LogP contribution in [0, 0.1) is 0 Å². The molecule has 3 heteroatoms. The van der Waals surface area contributed by atoms with Crippen molar-refractivity contribution in [2.24, 2.45) is 5.40 Å². The van der Waals surface area contributed by atoms with Crippen molar-refractivity contribution in [1.82, 2.24) is 0 Å². The van der Waals surface area contributed by atoms with E-state index < -0.39 is 8.48 Å². The summed E-state index contributed by atoms with van der Waals surface area (Å²) in [5, 5.41) is 5.74. The van der Waals surface area contributed by atoms with Crippen molar-refractivity contribution in [3.05, 3.63) is 0 Å². The number of rotatable bonds is 3. The molecule has 0 aliphatic carbocycles. The first-order valence-corrected chi connectivity index (χ1v) is 5.65. The molecule has 0 aromatic heterocycles. The molecule has 0 aliphatic heterocycles. The summed E-state index contributed by atoms with van der Waals surface area (Å²) >= 11 is 0. The molecule has 0 aromatic rings. The molecule has 50 valence electrons. The third-order valence-corrected chi connectivity index (χ3v) is 3.64. The molecule has 0 saturated heterocycles. The first-order chi connectivity index (χ1) is 3.62. The fourth-order valence-electron chi connectivity index (χ4n) is 0.598. The SMILES string of the molecule is CCC[Si](C)(N)OC. The predicted octanol–water partition coefficient (Wildman–Crippen LogP) is 1.07. The smallest absolute Gasteiger partial charge is 0.262 e. The Hall–Kier alpha value is 0.137. The van der Waals surface area contributed by atoms with Crippen LogP contribution in [-0.4, -0.2) is 15.6 Å². The van der Waals surface area contributed by atoms with Crippen LogP contribution in [0.25, 0.3) is 0 Å². The Bertz CT molecular complexity index is 65.4. The zero-order valence-corrected chi connectivity index (χ0v) is 6.90. The lowest BCUT2D eigenvalue weighted by Gasteiger charge is -2.17. The zero-order chi connectivity index (χ0) is 6.62. The molecule has 0 radical (unpaired) electrons. The maximum atomic E-state index is 5.74. The van der Waals surface area contributed by atoms with Crippen molar-refractivity contribution in [2.75, 3.05) is 7.11 Å². The molecule has 2 N–H and O–H groups in total. The van der Waals surface area contributed by atoms with Crippen LogP contribution < -0.4 is 5.40 Å². The lowest BCUT2D eigenvalue weighted by atomic mass is 10.6. The summed E-state index contributed by atoms with van der Waals surface area (Å²) in [5.74, 6) is 0. The number of hydrogen-bond donors (Lipinski definition) is 1. The van der Waals surface area contributed by atoms with Crippen molar-refractivity contribution in [3.8, 4) is 0 Å². The molecule has 0 amide bonds. The third-order valence-electron chi connectivity index (χ3n) is 1.21. The second-order valence-electron chi connectivity index (χ2n) is 2.27. The molecular weight excluding hydrogens is 118 g/mol. The van der Waals surface area contributed by atoms with E-state index in [1.165, 1.54) is 0 Å². The fourth-order valence-corrected chi connectivity index (χ4v) is 1.80. The van der Waals surface area contributed by atoms with Gasteiger partial charge >= 0.3 is 0 Å². The Morgan fingerprint density at radius 1 is 1.62 bits per heavy atom. The first-order valence-electron chi connectivity index (χ1n) is 2.96. The van der Waals surface area contributed by atoms with E-state index in [1.54, 1.807) is 7.11 Å². The average molecular weight is 133 g/mol. The average Bonchev–Trinajstić information content (AvgIpc) is 1.67. The summed E-state index contributed by atoms with van der Waals surface area (Å²) in [7, 11) is 0.0190. The molecule has 2 nitrogen and oxygen atoms in total. The molecule has 0 heterocycles. The minimum Gasteiger partial charge on any atom is -0.407 e. The summed E-state index contributed by atoms with van der Waals surface area (Å²) in [6.07, 6.45) is 1.13. The second-order valence-corrected chi connectivity index (χ2v) is 5.80. The van der Waals surface area contributed by atoms with Crippen LogP contribution in [0.4, 0.5) is 0 Å². The first kappa shape index (κ1) is 8.14. The molecule has 0 saturated carbocycles. The van der Waals surface area contributed by atoms with Crippen molar-refractivity contribution in [1.29, 1.82) is 0 Å². The normalized spacial score (nSPS) is 18.0. The molecule has 1 unspecified atom stereocenters.